The van der Waals surface area contributed by atoms with Crippen LogP contribution in [0.15, 0.2) is 35.3 Å². The van der Waals surface area contributed by atoms with Crippen molar-refractivity contribution in [1.82, 2.24) is 0 Å². The summed E-state index contributed by atoms with van der Waals surface area (Å²) in [5, 5.41) is 3.56. The summed E-state index contributed by atoms with van der Waals surface area (Å²) < 4.78 is 5.18. The van der Waals surface area contributed by atoms with Gasteiger partial charge in [0.2, 0.25) is 0 Å². The zero-order chi connectivity index (χ0) is 16.0. The second-order valence-electron chi connectivity index (χ2n) is 6.88. The monoisotopic (exact) mass is 302 g/mol. The maximum Gasteiger partial charge on any atom is 0.433 e. The largest absolute Gasteiger partial charge is 0.442 e. The zero-order valence-corrected chi connectivity index (χ0v) is 13.7. The summed E-state index contributed by atoms with van der Waals surface area (Å²) in [6.07, 6.45) is 5.58. The summed E-state index contributed by atoms with van der Waals surface area (Å²) in [4.78, 5) is 15.5. The number of anilines is 1. The minimum absolute atomic E-state index is 0.376. The molecule has 1 aliphatic carbocycles. The number of nitrogens with zero attached hydrogens (tertiary/aromatic N) is 1. The number of carbonyl (C=O) groups is 1. The molecule has 0 heterocycles. The molecule has 1 aromatic carbocycles. The lowest BCUT2D eigenvalue weighted by Gasteiger charge is -2.27. The lowest BCUT2D eigenvalue weighted by Crippen LogP contribution is -2.27. The fourth-order valence-corrected chi connectivity index (χ4v) is 2.64. The summed E-state index contributed by atoms with van der Waals surface area (Å²) in [7, 11) is 0. The first-order valence-electron chi connectivity index (χ1n) is 8.01. The second-order valence-corrected chi connectivity index (χ2v) is 6.88. The number of aliphatic imine (C=N–C) groups is 1. The van der Waals surface area contributed by atoms with Crippen LogP contribution in [0.1, 0.15) is 46.5 Å². The maximum absolute atomic E-state index is 11.6. The Labute approximate surface area is 133 Å². The first kappa shape index (κ1) is 16.5. The number of nitrogens with one attached hydrogen (secondary N) is 1. The summed E-state index contributed by atoms with van der Waals surface area (Å²) >= 11 is 0. The van der Waals surface area contributed by atoms with Gasteiger partial charge in [-0.3, -0.25) is 0 Å². The fraction of sp³-hybridized carbons (Fsp3) is 0.556. The van der Waals surface area contributed by atoms with E-state index >= 15 is 0 Å². The molecule has 1 amide bonds. The van der Waals surface area contributed by atoms with Crippen molar-refractivity contribution in [2.75, 3.05) is 5.32 Å². The molecule has 1 saturated carbocycles. The molecule has 0 atom stereocenters. The minimum atomic E-state index is -0.489. The molecule has 1 aliphatic rings. The predicted molar refractivity (Wildman–Crippen MR) is 90.5 cm³/mol. The van der Waals surface area contributed by atoms with E-state index < -0.39 is 11.7 Å². The van der Waals surface area contributed by atoms with Crippen LogP contribution in [0.2, 0.25) is 0 Å². The highest BCUT2D eigenvalue weighted by molar-refractivity contribution is 5.80. The van der Waals surface area contributed by atoms with Gasteiger partial charge in [-0.25, -0.2) is 4.79 Å². The molecule has 1 N–H and O–H groups in total. The van der Waals surface area contributed by atoms with Gasteiger partial charge in [0.1, 0.15) is 5.60 Å². The van der Waals surface area contributed by atoms with Gasteiger partial charge in [-0.1, -0.05) is 18.2 Å². The van der Waals surface area contributed by atoms with Crippen LogP contribution in [0, 0.1) is 5.92 Å². The van der Waals surface area contributed by atoms with Crippen molar-refractivity contribution in [3.63, 3.8) is 0 Å². The summed E-state index contributed by atoms with van der Waals surface area (Å²) in [6, 6.07) is 10.8. The summed E-state index contributed by atoms with van der Waals surface area (Å²) in [5.74, 6) is 0.376. The summed E-state index contributed by atoms with van der Waals surface area (Å²) in [6.45, 7) is 5.54. The maximum atomic E-state index is 11.6. The van der Waals surface area contributed by atoms with Gasteiger partial charge in [0, 0.05) is 17.9 Å². The Morgan fingerprint density at radius 1 is 1.18 bits per heavy atom. The van der Waals surface area contributed by atoms with E-state index in [-0.39, 0.29) is 0 Å². The molecule has 2 rings (SSSR count). The van der Waals surface area contributed by atoms with E-state index in [1.807, 2.05) is 39.0 Å². The standard InChI is InChI=1S/C18H26N2O2/c1-18(2,3)22-17(21)19-13-14-9-11-16(12-10-14)20-15-7-5-4-6-8-15/h4-8,13-14,16,20H,9-12H2,1-3H3/b19-13-. The number of amides is 1. The molecule has 0 bridgehead atoms. The van der Waals surface area contributed by atoms with Gasteiger partial charge in [0.25, 0.3) is 0 Å². The molecule has 0 aliphatic heterocycles. The Morgan fingerprint density at radius 2 is 1.82 bits per heavy atom. The Bertz CT molecular complexity index is 498. The lowest BCUT2D eigenvalue weighted by molar-refractivity contribution is 0.0604. The molecule has 1 fully saturated rings. The molecule has 4 nitrogen and oxygen atoms in total. The number of rotatable bonds is 3. The second kappa shape index (κ2) is 7.43. The molecule has 22 heavy (non-hydrogen) atoms. The molecule has 0 spiro atoms. The highest BCUT2D eigenvalue weighted by Gasteiger charge is 2.21. The Hall–Kier alpha value is -1.84. The van der Waals surface area contributed by atoms with Crippen molar-refractivity contribution < 1.29 is 9.53 Å². The van der Waals surface area contributed by atoms with Crippen LogP contribution >= 0.6 is 0 Å². The fourth-order valence-electron chi connectivity index (χ4n) is 2.64. The molecule has 0 aromatic heterocycles. The van der Waals surface area contributed by atoms with E-state index in [2.05, 4.69) is 22.4 Å². The molecule has 1 aromatic rings. The number of ether oxygens (including phenoxy) is 1. The van der Waals surface area contributed by atoms with E-state index in [4.69, 9.17) is 4.74 Å². The number of hydrogen-bond donors (Lipinski definition) is 1. The van der Waals surface area contributed by atoms with Crippen molar-refractivity contribution in [2.24, 2.45) is 10.9 Å². The molecular formula is C18H26N2O2. The van der Waals surface area contributed by atoms with Crippen LogP contribution in [0.3, 0.4) is 0 Å². The first-order chi connectivity index (χ1) is 10.4. The van der Waals surface area contributed by atoms with Gasteiger partial charge >= 0.3 is 6.09 Å². The summed E-state index contributed by atoms with van der Waals surface area (Å²) in [5.41, 5.74) is 0.694. The molecular weight excluding hydrogens is 276 g/mol. The molecule has 120 valence electrons. The normalized spacial score (nSPS) is 22.5. The average molecular weight is 302 g/mol. The SMILES string of the molecule is CC(C)(C)OC(=O)/N=C\C1CCC(Nc2ccccc2)CC1. The molecule has 0 unspecified atom stereocenters. The smallest absolute Gasteiger partial charge is 0.433 e. The van der Waals surface area contributed by atoms with Crippen LogP contribution in [-0.4, -0.2) is 24.0 Å². The number of para-hydroxylation sites is 1. The van der Waals surface area contributed by atoms with E-state index in [0.717, 1.165) is 25.7 Å². The van der Waals surface area contributed by atoms with Crippen LogP contribution < -0.4 is 5.32 Å². The molecule has 0 radical (unpaired) electrons. The van der Waals surface area contributed by atoms with Crippen LogP contribution in [0.5, 0.6) is 0 Å². The number of hydrogen-bond acceptors (Lipinski definition) is 3. The van der Waals surface area contributed by atoms with Crippen molar-refractivity contribution in [3.8, 4) is 0 Å². The van der Waals surface area contributed by atoms with Crippen molar-refractivity contribution >= 4 is 18.0 Å². The van der Waals surface area contributed by atoms with E-state index in [9.17, 15) is 4.79 Å². The van der Waals surface area contributed by atoms with E-state index in [1.165, 1.54) is 5.69 Å². The first-order valence-corrected chi connectivity index (χ1v) is 8.01. The topological polar surface area (TPSA) is 50.7 Å². The van der Waals surface area contributed by atoms with Gasteiger partial charge < -0.3 is 10.1 Å². The van der Waals surface area contributed by atoms with Gasteiger partial charge in [0.15, 0.2) is 0 Å². The third kappa shape index (κ3) is 5.88. The van der Waals surface area contributed by atoms with Gasteiger partial charge in [-0.2, -0.15) is 4.99 Å². The highest BCUT2D eigenvalue weighted by Crippen LogP contribution is 2.25. The zero-order valence-electron chi connectivity index (χ0n) is 13.7. The van der Waals surface area contributed by atoms with Crippen molar-refractivity contribution in [1.29, 1.82) is 0 Å². The van der Waals surface area contributed by atoms with Crippen molar-refractivity contribution in [3.05, 3.63) is 30.3 Å². The number of carbonyl (C=O) groups excluding carboxylic acids is 1. The van der Waals surface area contributed by atoms with Gasteiger partial charge in [-0.15, -0.1) is 0 Å². The Balaban J connectivity index is 1.74. The lowest BCUT2D eigenvalue weighted by atomic mass is 9.86. The quantitative estimate of drug-likeness (QED) is 0.826. The van der Waals surface area contributed by atoms with Gasteiger partial charge in [0.05, 0.1) is 0 Å². The van der Waals surface area contributed by atoms with E-state index in [0.29, 0.717) is 12.0 Å². The third-order valence-electron chi connectivity index (χ3n) is 3.70. The van der Waals surface area contributed by atoms with Crippen LogP contribution in [-0.2, 0) is 4.74 Å². The van der Waals surface area contributed by atoms with Gasteiger partial charge in [-0.05, 0) is 64.5 Å². The van der Waals surface area contributed by atoms with Crippen LogP contribution in [0.25, 0.3) is 0 Å². The Morgan fingerprint density at radius 3 is 2.41 bits per heavy atom. The van der Waals surface area contributed by atoms with Crippen molar-refractivity contribution in [2.45, 2.75) is 58.1 Å². The third-order valence-corrected chi connectivity index (χ3v) is 3.70. The average Bonchev–Trinajstić information content (AvgIpc) is 2.46. The molecule has 4 heteroatoms. The predicted octanol–water partition coefficient (Wildman–Crippen LogP) is 4.66. The Kier molecular flexibility index (Phi) is 5.58. The molecule has 0 saturated heterocycles. The highest BCUT2D eigenvalue weighted by atomic mass is 16.6. The minimum Gasteiger partial charge on any atom is -0.442 e. The van der Waals surface area contributed by atoms with E-state index in [1.54, 1.807) is 6.21 Å². The number of benzene rings is 1. The van der Waals surface area contributed by atoms with Crippen LogP contribution in [0.4, 0.5) is 10.5 Å².